The van der Waals surface area contributed by atoms with E-state index in [9.17, 15) is 19.2 Å². The lowest BCUT2D eigenvalue weighted by molar-refractivity contribution is -0.171. The minimum absolute atomic E-state index is 0.0296. The highest BCUT2D eigenvalue weighted by Crippen LogP contribution is 2.18. The molecule has 0 aliphatic rings. The summed E-state index contributed by atoms with van der Waals surface area (Å²) in [4.78, 5) is 57.0. The minimum Gasteiger partial charge on any atom is -0.491 e. The van der Waals surface area contributed by atoms with Gasteiger partial charge in [-0.3, -0.25) is 9.63 Å². The molecule has 254 valence electrons. The first kappa shape index (κ1) is 37.7. The maximum Gasteiger partial charge on any atom is 0.410 e. The summed E-state index contributed by atoms with van der Waals surface area (Å²) < 4.78 is 22.0. The minimum atomic E-state index is -1.12. The molecule has 0 saturated carbocycles. The van der Waals surface area contributed by atoms with Crippen LogP contribution in [-0.2, 0) is 37.0 Å². The molecule has 0 bridgehead atoms. The van der Waals surface area contributed by atoms with Crippen LogP contribution in [0.2, 0.25) is 0 Å². The zero-order chi connectivity index (χ0) is 34.3. The first-order valence-corrected chi connectivity index (χ1v) is 15.0. The first-order valence-electron chi connectivity index (χ1n) is 15.0. The van der Waals surface area contributed by atoms with Crippen LogP contribution in [0.1, 0.15) is 59.1 Å². The van der Waals surface area contributed by atoms with Gasteiger partial charge in [0.15, 0.2) is 0 Å². The number of alkyl carbamates (subject to hydrolysis) is 2. The van der Waals surface area contributed by atoms with E-state index >= 15 is 0 Å². The summed E-state index contributed by atoms with van der Waals surface area (Å²) in [5, 5.41) is 6.22. The lowest BCUT2D eigenvalue weighted by Gasteiger charge is -2.28. The van der Waals surface area contributed by atoms with Gasteiger partial charge in [0.1, 0.15) is 36.2 Å². The van der Waals surface area contributed by atoms with Crippen molar-refractivity contribution >= 4 is 24.2 Å². The fourth-order valence-corrected chi connectivity index (χ4v) is 3.86. The maximum atomic E-state index is 13.0. The Morgan fingerprint density at radius 3 is 2.13 bits per heavy atom. The largest absolute Gasteiger partial charge is 0.491 e. The van der Waals surface area contributed by atoms with E-state index in [1.165, 1.54) is 19.1 Å². The number of nitrogens with zero attached hydrogens (tertiary/aromatic N) is 2. The number of hydrogen-bond acceptors (Lipinski definition) is 9. The Morgan fingerprint density at radius 1 is 0.848 bits per heavy atom. The van der Waals surface area contributed by atoms with Crippen molar-refractivity contribution in [2.24, 2.45) is 0 Å². The predicted octanol–water partition coefficient (Wildman–Crippen LogP) is 5.03. The second-order valence-corrected chi connectivity index (χ2v) is 12.4. The molecule has 1 atom stereocenters. The Bertz CT molecular complexity index is 1280. The summed E-state index contributed by atoms with van der Waals surface area (Å²) in [7, 11) is 2.75. The third kappa shape index (κ3) is 15.0. The van der Waals surface area contributed by atoms with Gasteiger partial charge in [0.05, 0.1) is 7.11 Å². The molecule has 0 saturated heterocycles. The fourth-order valence-electron chi connectivity index (χ4n) is 3.86. The lowest BCUT2D eigenvalue weighted by Crippen LogP contribution is -2.50. The first-order chi connectivity index (χ1) is 21.6. The summed E-state index contributed by atoms with van der Waals surface area (Å²) in [5.41, 5.74) is 0.202. The van der Waals surface area contributed by atoms with Crippen molar-refractivity contribution in [2.45, 2.75) is 78.4 Å². The van der Waals surface area contributed by atoms with Crippen LogP contribution in [-0.4, -0.2) is 85.2 Å². The molecule has 2 N–H and O–H groups in total. The van der Waals surface area contributed by atoms with Crippen LogP contribution in [0.25, 0.3) is 0 Å². The molecule has 0 radical (unpaired) electrons. The van der Waals surface area contributed by atoms with Gasteiger partial charge in [0, 0.05) is 26.7 Å². The van der Waals surface area contributed by atoms with Crippen molar-refractivity contribution in [3.63, 3.8) is 0 Å². The van der Waals surface area contributed by atoms with Crippen molar-refractivity contribution in [1.82, 2.24) is 20.6 Å². The summed E-state index contributed by atoms with van der Waals surface area (Å²) in [6.07, 6.45) is -1.38. The van der Waals surface area contributed by atoms with Gasteiger partial charge in [-0.1, -0.05) is 42.5 Å². The van der Waals surface area contributed by atoms with Crippen molar-refractivity contribution in [3.8, 4) is 5.75 Å². The number of carbonyl (C=O) groups excluding carboxylic acids is 4. The van der Waals surface area contributed by atoms with Crippen molar-refractivity contribution < 1.29 is 43.0 Å². The quantitative estimate of drug-likeness (QED) is 0.164. The predicted molar refractivity (Wildman–Crippen MR) is 171 cm³/mol. The summed E-state index contributed by atoms with van der Waals surface area (Å²) in [6.45, 7) is 11.3. The van der Waals surface area contributed by atoms with E-state index in [-0.39, 0.29) is 19.8 Å². The number of rotatable bonds is 14. The Kier molecular flexibility index (Phi) is 14.6. The second-order valence-electron chi connectivity index (χ2n) is 12.4. The SMILES string of the molecule is CON(C)C(=O)C(COc1cccc(CN(CCCNC(=O)OC(C)(C)C)C(=O)OC(C)(C)C)c1)NC(=O)OCc1ccccc1. The molecule has 0 spiro atoms. The van der Waals surface area contributed by atoms with Gasteiger partial charge in [0.25, 0.3) is 5.91 Å². The molecule has 0 aromatic heterocycles. The van der Waals surface area contributed by atoms with E-state index in [0.717, 1.165) is 16.2 Å². The Balaban J connectivity index is 2.07. The molecular weight excluding hydrogens is 596 g/mol. The highest BCUT2D eigenvalue weighted by molar-refractivity contribution is 5.85. The summed E-state index contributed by atoms with van der Waals surface area (Å²) in [6, 6.07) is 15.0. The average Bonchev–Trinajstić information content (AvgIpc) is 2.97. The molecule has 1 unspecified atom stereocenters. The van der Waals surface area contributed by atoms with Gasteiger partial charge >= 0.3 is 18.3 Å². The number of carbonyl (C=O) groups is 4. The van der Waals surface area contributed by atoms with Crippen LogP contribution >= 0.6 is 0 Å². The fraction of sp³-hybridized carbons (Fsp3) is 0.515. The second kappa shape index (κ2) is 17.8. The highest BCUT2D eigenvalue weighted by atomic mass is 16.7. The van der Waals surface area contributed by atoms with E-state index in [0.29, 0.717) is 25.3 Å². The molecule has 0 aliphatic heterocycles. The number of hydroxylamine groups is 2. The Hall–Kier alpha value is -4.52. The molecule has 0 fully saturated rings. The maximum absolute atomic E-state index is 13.0. The summed E-state index contributed by atoms with van der Waals surface area (Å²) >= 11 is 0. The van der Waals surface area contributed by atoms with E-state index < -0.39 is 41.4 Å². The van der Waals surface area contributed by atoms with Gasteiger partial charge in [-0.05, 0) is 71.2 Å². The molecule has 2 aromatic carbocycles. The van der Waals surface area contributed by atoms with Gasteiger partial charge in [-0.15, -0.1) is 0 Å². The molecule has 0 heterocycles. The number of likely N-dealkylation sites (N-methyl/N-ethyl adjacent to an activating group) is 1. The van der Waals surface area contributed by atoms with Gasteiger partial charge in [-0.25, -0.2) is 19.4 Å². The van der Waals surface area contributed by atoms with Crippen LogP contribution in [0.15, 0.2) is 54.6 Å². The van der Waals surface area contributed by atoms with Crippen molar-refractivity contribution in [3.05, 3.63) is 65.7 Å². The number of ether oxygens (including phenoxy) is 4. The molecule has 46 heavy (non-hydrogen) atoms. The monoisotopic (exact) mass is 644 g/mol. The molecule has 2 rings (SSSR count). The number of amides is 4. The van der Waals surface area contributed by atoms with Gasteiger partial charge in [0.2, 0.25) is 0 Å². The molecule has 13 nitrogen and oxygen atoms in total. The molecule has 2 aromatic rings. The standard InChI is InChI=1S/C33H48N4O9/c1-32(2,3)45-29(39)34-18-13-19-37(31(41)46-33(4,5)6)21-25-16-12-17-26(20-25)43-23-27(28(38)36(7)42-8)35-30(40)44-22-24-14-10-9-11-15-24/h9-12,14-17,20,27H,13,18-19,21-23H2,1-8H3,(H,34,39)(H,35,40). The van der Waals surface area contributed by atoms with E-state index in [4.69, 9.17) is 23.8 Å². The lowest BCUT2D eigenvalue weighted by atomic mass is 10.2. The average molecular weight is 645 g/mol. The Labute approximate surface area is 271 Å². The summed E-state index contributed by atoms with van der Waals surface area (Å²) in [5.74, 6) is -0.142. The van der Waals surface area contributed by atoms with E-state index in [2.05, 4.69) is 10.6 Å². The number of benzene rings is 2. The number of nitrogens with one attached hydrogen (secondary N) is 2. The van der Waals surface area contributed by atoms with Crippen molar-refractivity contribution in [1.29, 1.82) is 0 Å². The number of hydrogen-bond donors (Lipinski definition) is 2. The van der Waals surface area contributed by atoms with Crippen LogP contribution in [0.3, 0.4) is 0 Å². The van der Waals surface area contributed by atoms with Crippen LogP contribution in [0.4, 0.5) is 14.4 Å². The third-order valence-electron chi connectivity index (χ3n) is 6.00. The Morgan fingerprint density at radius 2 is 1.50 bits per heavy atom. The topological polar surface area (TPSA) is 145 Å². The van der Waals surface area contributed by atoms with Gasteiger partial charge < -0.3 is 34.5 Å². The van der Waals surface area contributed by atoms with Crippen LogP contribution in [0, 0.1) is 0 Å². The normalized spacial score (nSPS) is 11.9. The smallest absolute Gasteiger partial charge is 0.410 e. The van der Waals surface area contributed by atoms with E-state index in [1.54, 1.807) is 59.7 Å². The zero-order valence-corrected chi connectivity index (χ0v) is 28.1. The zero-order valence-electron chi connectivity index (χ0n) is 28.1. The molecule has 13 heteroatoms. The highest BCUT2D eigenvalue weighted by Gasteiger charge is 2.27. The van der Waals surface area contributed by atoms with Crippen LogP contribution < -0.4 is 15.4 Å². The molecule has 0 aliphatic carbocycles. The third-order valence-corrected chi connectivity index (χ3v) is 6.00. The van der Waals surface area contributed by atoms with Crippen molar-refractivity contribution in [2.75, 3.05) is 33.9 Å². The van der Waals surface area contributed by atoms with Gasteiger partial charge in [-0.2, -0.15) is 0 Å². The van der Waals surface area contributed by atoms with E-state index in [1.807, 2.05) is 36.4 Å². The molecular formula is C33H48N4O9. The van der Waals surface area contributed by atoms with Crippen LogP contribution in [0.5, 0.6) is 5.75 Å². The molecule has 4 amide bonds.